The monoisotopic (exact) mass is 466 g/mol. The highest BCUT2D eigenvalue weighted by Crippen LogP contribution is 2.40. The molecule has 0 saturated heterocycles. The Bertz CT molecular complexity index is 1010. The van der Waals surface area contributed by atoms with Crippen LogP contribution in [0.3, 0.4) is 0 Å². The number of nitrogens with zero attached hydrogens (tertiary/aromatic N) is 2. The topological polar surface area (TPSA) is 87.3 Å². The number of thiophene rings is 2. The first-order valence-electron chi connectivity index (χ1n) is 8.07. The van der Waals surface area contributed by atoms with Gasteiger partial charge in [0.2, 0.25) is 5.91 Å². The fraction of sp³-hybridized carbons (Fsp3) is 0.235. The van der Waals surface area contributed by atoms with Crippen molar-refractivity contribution >= 4 is 60.0 Å². The van der Waals surface area contributed by atoms with Crippen LogP contribution < -0.4 is 5.32 Å². The Labute approximate surface area is 171 Å². The average Bonchev–Trinajstić information content (AvgIpc) is 3.40. The summed E-state index contributed by atoms with van der Waals surface area (Å²) in [5.74, 6) is 0.498. The first-order valence-corrected chi connectivity index (χ1v) is 10.5. The van der Waals surface area contributed by atoms with E-state index < -0.39 is 6.09 Å². The van der Waals surface area contributed by atoms with E-state index in [2.05, 4.69) is 43.1 Å². The van der Waals surface area contributed by atoms with E-state index in [4.69, 9.17) is 4.98 Å². The molecule has 10 heteroatoms. The highest BCUT2D eigenvalue weighted by atomic mass is 79.9. The second-order valence-electron chi connectivity index (χ2n) is 5.82. The lowest BCUT2D eigenvalue weighted by atomic mass is 10.2. The maximum atomic E-state index is 12.4. The number of H-pyrrole nitrogens is 1. The minimum atomic E-state index is -0.628. The summed E-state index contributed by atoms with van der Waals surface area (Å²) in [6.45, 7) is 0.361. The summed E-state index contributed by atoms with van der Waals surface area (Å²) < 4.78 is 8.05. The molecule has 0 saturated carbocycles. The molecular weight excluding hydrogens is 452 g/mol. The number of carbonyl (C=O) groups excluding carboxylic acids is 2. The minimum absolute atomic E-state index is 0.117. The largest absolute Gasteiger partial charge is 0.453 e. The lowest BCUT2D eigenvalue weighted by Gasteiger charge is -2.23. The Kier molecular flexibility index (Phi) is 5.02. The van der Waals surface area contributed by atoms with Crippen LogP contribution in [-0.2, 0) is 9.53 Å². The molecule has 0 unspecified atom stereocenters. The number of aromatic nitrogens is 2. The maximum Gasteiger partial charge on any atom is 0.407 e. The van der Waals surface area contributed by atoms with Crippen molar-refractivity contribution in [1.82, 2.24) is 20.2 Å². The number of hydrogen-bond donors (Lipinski definition) is 2. The van der Waals surface area contributed by atoms with Crippen molar-refractivity contribution in [3.8, 4) is 10.6 Å². The second-order valence-corrected chi connectivity index (χ2v) is 9.37. The standard InChI is InChI=1S/C17H15BrN4O3S2/c1-25-17(24)20-8-15(23)22-4-2-3-10(22)16-19-7-9(21-16)11-5-12-13(26-11)6-14(18)27-12/h2-3,5-7,10H,4,8H2,1H3,(H,19,21)(H,20,24)/t10-/m0/s1. The lowest BCUT2D eigenvalue weighted by Crippen LogP contribution is -2.40. The molecule has 1 aliphatic heterocycles. The smallest absolute Gasteiger partial charge is 0.407 e. The van der Waals surface area contributed by atoms with E-state index in [1.165, 1.54) is 16.5 Å². The zero-order valence-electron chi connectivity index (χ0n) is 14.2. The third-order valence-electron chi connectivity index (χ3n) is 4.15. The van der Waals surface area contributed by atoms with Crippen LogP contribution in [0.1, 0.15) is 11.9 Å². The summed E-state index contributed by atoms with van der Waals surface area (Å²) in [4.78, 5) is 34.2. The molecule has 3 aromatic rings. The quantitative estimate of drug-likeness (QED) is 0.570. The van der Waals surface area contributed by atoms with Crippen LogP contribution in [0.15, 0.2) is 34.3 Å². The predicted octanol–water partition coefficient (Wildman–Crippen LogP) is 3.91. The Morgan fingerprint density at radius 1 is 1.41 bits per heavy atom. The zero-order valence-corrected chi connectivity index (χ0v) is 17.4. The molecule has 0 bridgehead atoms. The van der Waals surface area contributed by atoms with Crippen LogP contribution >= 0.6 is 38.6 Å². The molecule has 4 rings (SSSR count). The number of carbonyl (C=O) groups is 2. The molecule has 0 spiro atoms. The van der Waals surface area contributed by atoms with Gasteiger partial charge in [-0.25, -0.2) is 9.78 Å². The van der Waals surface area contributed by atoms with Crippen LogP contribution in [0, 0.1) is 0 Å². The third kappa shape index (κ3) is 3.64. The molecular formula is C17H15BrN4O3S2. The molecule has 2 N–H and O–H groups in total. The van der Waals surface area contributed by atoms with E-state index in [1.54, 1.807) is 27.6 Å². The number of alkyl carbamates (subject to hydrolysis) is 1. The van der Waals surface area contributed by atoms with Gasteiger partial charge in [-0.2, -0.15) is 0 Å². The molecule has 7 nitrogen and oxygen atoms in total. The normalized spacial score (nSPS) is 16.2. The van der Waals surface area contributed by atoms with Crippen LogP contribution in [-0.4, -0.2) is 47.1 Å². The van der Waals surface area contributed by atoms with Gasteiger partial charge in [-0.05, 0) is 28.1 Å². The Morgan fingerprint density at radius 3 is 3.00 bits per heavy atom. The third-order valence-corrected chi connectivity index (χ3v) is 6.97. The number of nitrogens with one attached hydrogen (secondary N) is 2. The van der Waals surface area contributed by atoms with Crippen molar-refractivity contribution in [2.75, 3.05) is 20.2 Å². The summed E-state index contributed by atoms with van der Waals surface area (Å²) in [5, 5.41) is 2.42. The fourth-order valence-electron chi connectivity index (χ4n) is 2.88. The Balaban J connectivity index is 1.51. The predicted molar refractivity (Wildman–Crippen MR) is 109 cm³/mol. The van der Waals surface area contributed by atoms with Crippen LogP contribution in [0.5, 0.6) is 0 Å². The van der Waals surface area contributed by atoms with Crippen molar-refractivity contribution in [2.45, 2.75) is 6.04 Å². The van der Waals surface area contributed by atoms with Crippen LogP contribution in [0.25, 0.3) is 20.0 Å². The SMILES string of the molecule is COC(=O)NCC(=O)N1CC=C[C@H]1c1nc(-c2cc3sc(Br)cc3s2)c[nH]1. The van der Waals surface area contributed by atoms with E-state index in [9.17, 15) is 9.59 Å². The summed E-state index contributed by atoms with van der Waals surface area (Å²) in [7, 11) is 1.26. The summed E-state index contributed by atoms with van der Waals surface area (Å²) >= 11 is 6.88. The van der Waals surface area contributed by atoms with Crippen molar-refractivity contribution in [1.29, 1.82) is 0 Å². The van der Waals surface area contributed by atoms with Crippen LogP contribution in [0.4, 0.5) is 4.79 Å². The van der Waals surface area contributed by atoms with Crippen molar-refractivity contribution in [2.24, 2.45) is 0 Å². The van der Waals surface area contributed by atoms with E-state index in [-0.39, 0.29) is 18.5 Å². The van der Waals surface area contributed by atoms with Gasteiger partial charge in [-0.15, -0.1) is 22.7 Å². The molecule has 4 heterocycles. The van der Waals surface area contributed by atoms with E-state index >= 15 is 0 Å². The minimum Gasteiger partial charge on any atom is -0.453 e. The molecule has 1 atom stereocenters. The number of amides is 2. The van der Waals surface area contributed by atoms with E-state index in [0.29, 0.717) is 12.4 Å². The van der Waals surface area contributed by atoms with E-state index in [1.807, 2.05) is 18.3 Å². The van der Waals surface area contributed by atoms with Crippen LogP contribution in [0.2, 0.25) is 0 Å². The van der Waals surface area contributed by atoms with Gasteiger partial charge in [0.05, 0.1) is 21.5 Å². The fourth-order valence-corrected chi connectivity index (χ4v) is 5.87. The average molecular weight is 467 g/mol. The molecule has 0 fully saturated rings. The Hall–Kier alpha value is -2.17. The van der Waals surface area contributed by atoms with Crippen molar-refractivity contribution in [3.63, 3.8) is 0 Å². The van der Waals surface area contributed by atoms with Gasteiger partial charge in [0, 0.05) is 22.1 Å². The molecule has 3 aromatic heterocycles. The van der Waals surface area contributed by atoms with Gasteiger partial charge >= 0.3 is 6.09 Å². The van der Waals surface area contributed by atoms with Crippen molar-refractivity contribution < 1.29 is 14.3 Å². The molecule has 0 aliphatic carbocycles. The highest BCUT2D eigenvalue weighted by molar-refractivity contribution is 9.11. The molecule has 27 heavy (non-hydrogen) atoms. The van der Waals surface area contributed by atoms with Gasteiger partial charge in [0.1, 0.15) is 18.4 Å². The number of halogens is 1. The number of methoxy groups -OCH3 is 1. The summed E-state index contributed by atoms with van der Waals surface area (Å²) in [6.07, 6.45) is 5.09. The maximum absolute atomic E-state index is 12.4. The number of fused-ring (bicyclic) bond motifs is 1. The first kappa shape index (κ1) is 18.2. The number of imidazole rings is 1. The van der Waals surface area contributed by atoms with Gasteiger partial charge < -0.3 is 19.9 Å². The zero-order chi connectivity index (χ0) is 19.0. The summed E-state index contributed by atoms with van der Waals surface area (Å²) in [5.41, 5.74) is 0.856. The number of aromatic amines is 1. The number of rotatable bonds is 4. The second kappa shape index (κ2) is 7.45. The molecule has 0 radical (unpaired) electrons. The first-order chi connectivity index (χ1) is 13.0. The molecule has 0 aromatic carbocycles. The number of ether oxygens (including phenoxy) is 1. The van der Waals surface area contributed by atoms with Gasteiger partial charge in [0.15, 0.2) is 0 Å². The van der Waals surface area contributed by atoms with Crippen molar-refractivity contribution in [3.05, 3.63) is 40.1 Å². The molecule has 140 valence electrons. The van der Waals surface area contributed by atoms with Gasteiger partial charge in [-0.1, -0.05) is 12.2 Å². The molecule has 2 amide bonds. The summed E-state index contributed by atoms with van der Waals surface area (Å²) in [6, 6.07) is 3.96. The lowest BCUT2D eigenvalue weighted by molar-refractivity contribution is -0.130. The molecule has 1 aliphatic rings. The number of hydrogen-bond acceptors (Lipinski definition) is 6. The van der Waals surface area contributed by atoms with E-state index in [0.717, 1.165) is 14.4 Å². The Morgan fingerprint density at radius 2 is 2.22 bits per heavy atom. The van der Waals surface area contributed by atoms with Gasteiger partial charge in [-0.3, -0.25) is 4.79 Å². The van der Waals surface area contributed by atoms with Gasteiger partial charge in [0.25, 0.3) is 0 Å². The highest BCUT2D eigenvalue weighted by Gasteiger charge is 2.28.